The number of amides is 1. The van der Waals surface area contributed by atoms with E-state index in [0.29, 0.717) is 12.1 Å². The molecule has 0 aliphatic carbocycles. The van der Waals surface area contributed by atoms with Gasteiger partial charge in [0.1, 0.15) is 6.26 Å². The molecular weight excluding hydrogens is 278 g/mol. The Morgan fingerprint density at radius 2 is 2.27 bits per heavy atom. The highest BCUT2D eigenvalue weighted by molar-refractivity contribution is 5.94. The molecule has 1 atom stereocenters. The molecule has 2 aromatic heterocycles. The molecule has 0 spiro atoms. The first-order valence-electron chi connectivity index (χ1n) is 7.78. The molecule has 1 aliphatic rings. The zero-order valence-electron chi connectivity index (χ0n) is 12.6. The molecule has 22 heavy (non-hydrogen) atoms. The van der Waals surface area contributed by atoms with Crippen LogP contribution in [0.2, 0.25) is 0 Å². The molecule has 0 bridgehead atoms. The summed E-state index contributed by atoms with van der Waals surface area (Å²) in [5, 5.41) is 3.40. The van der Waals surface area contributed by atoms with Gasteiger partial charge in [-0.25, -0.2) is 0 Å². The zero-order valence-corrected chi connectivity index (χ0v) is 12.6. The lowest BCUT2D eigenvalue weighted by Crippen LogP contribution is -2.40. The molecule has 0 unspecified atom stereocenters. The minimum Gasteiger partial charge on any atom is -0.472 e. The fourth-order valence-electron chi connectivity index (χ4n) is 2.90. The Morgan fingerprint density at radius 1 is 1.32 bits per heavy atom. The lowest BCUT2D eigenvalue weighted by atomic mass is 10.1. The minimum absolute atomic E-state index is 0.0197. The average molecular weight is 299 g/mol. The summed E-state index contributed by atoms with van der Waals surface area (Å²) in [5.41, 5.74) is 1.52. The number of nitrogens with one attached hydrogen (secondary N) is 1. The topological polar surface area (TPSA) is 58.4 Å². The van der Waals surface area contributed by atoms with Crippen LogP contribution in [0.1, 0.15) is 35.3 Å². The number of pyridine rings is 1. The number of nitrogens with zero attached hydrogens (tertiary/aromatic N) is 2. The molecule has 5 nitrogen and oxygen atoms in total. The summed E-state index contributed by atoms with van der Waals surface area (Å²) < 4.78 is 5.07. The van der Waals surface area contributed by atoms with E-state index >= 15 is 0 Å². The first kappa shape index (κ1) is 14.8. The number of rotatable bonds is 4. The summed E-state index contributed by atoms with van der Waals surface area (Å²) in [7, 11) is 0. The highest BCUT2D eigenvalue weighted by Crippen LogP contribution is 2.19. The molecule has 1 aliphatic heterocycles. The highest BCUT2D eigenvalue weighted by atomic mass is 16.3. The number of carbonyl (C=O) groups excluding carboxylic acids is 1. The normalized spacial score (nSPS) is 18.6. The van der Waals surface area contributed by atoms with E-state index in [1.54, 1.807) is 18.5 Å². The van der Waals surface area contributed by atoms with E-state index in [2.05, 4.69) is 10.3 Å². The Bertz CT molecular complexity index is 575. The molecule has 0 saturated carbocycles. The van der Waals surface area contributed by atoms with Crippen molar-refractivity contribution in [3.05, 3.63) is 54.2 Å². The number of aromatic nitrogens is 1. The first-order chi connectivity index (χ1) is 10.8. The maximum atomic E-state index is 12.8. The van der Waals surface area contributed by atoms with Crippen LogP contribution in [0.3, 0.4) is 0 Å². The quantitative estimate of drug-likeness (QED) is 0.942. The monoisotopic (exact) mass is 299 g/mol. The molecule has 1 amide bonds. The van der Waals surface area contributed by atoms with Gasteiger partial charge in [-0.3, -0.25) is 9.78 Å². The van der Waals surface area contributed by atoms with Gasteiger partial charge in [0.15, 0.2) is 0 Å². The summed E-state index contributed by atoms with van der Waals surface area (Å²) in [4.78, 5) is 19.2. The van der Waals surface area contributed by atoms with E-state index in [1.165, 1.54) is 6.26 Å². The van der Waals surface area contributed by atoms with Crippen LogP contribution < -0.4 is 5.32 Å². The highest BCUT2D eigenvalue weighted by Gasteiger charge is 2.26. The fraction of sp³-hybridized carbons (Fsp3) is 0.412. The number of hydrogen-bond acceptors (Lipinski definition) is 4. The first-order valence-corrected chi connectivity index (χ1v) is 7.78. The van der Waals surface area contributed by atoms with Crippen molar-refractivity contribution in [2.24, 2.45) is 0 Å². The van der Waals surface area contributed by atoms with Crippen molar-refractivity contribution in [1.29, 1.82) is 0 Å². The van der Waals surface area contributed by atoms with Gasteiger partial charge in [-0.1, -0.05) is 6.07 Å². The predicted octanol–water partition coefficient (Wildman–Crippen LogP) is 2.46. The van der Waals surface area contributed by atoms with Gasteiger partial charge in [0, 0.05) is 12.2 Å². The lowest BCUT2D eigenvalue weighted by Gasteiger charge is -2.30. The van der Waals surface area contributed by atoms with Crippen LogP contribution in [-0.4, -0.2) is 34.9 Å². The molecule has 0 aromatic carbocycles. The Kier molecular flexibility index (Phi) is 4.85. The third kappa shape index (κ3) is 3.54. The van der Waals surface area contributed by atoms with E-state index in [4.69, 9.17) is 4.42 Å². The van der Waals surface area contributed by atoms with E-state index in [1.807, 2.05) is 23.1 Å². The molecule has 5 heteroatoms. The van der Waals surface area contributed by atoms with E-state index in [0.717, 1.165) is 38.0 Å². The second-order valence-corrected chi connectivity index (χ2v) is 5.60. The van der Waals surface area contributed by atoms with Gasteiger partial charge in [0.2, 0.25) is 0 Å². The van der Waals surface area contributed by atoms with Crippen molar-refractivity contribution < 1.29 is 9.21 Å². The third-order valence-corrected chi connectivity index (χ3v) is 4.07. The molecule has 1 N–H and O–H groups in total. The van der Waals surface area contributed by atoms with Gasteiger partial charge in [0.05, 0.1) is 24.1 Å². The molecule has 3 heterocycles. The summed E-state index contributed by atoms with van der Waals surface area (Å²) in [6.07, 6.45) is 7.90. The van der Waals surface area contributed by atoms with Crippen LogP contribution in [0, 0.1) is 0 Å². The zero-order chi connectivity index (χ0) is 15.2. The standard InChI is InChI=1S/C17H21N3O2/c21-17(14-7-11-22-13-14)20(12-15-4-1-2-9-19-15)16-5-3-8-18-10-6-16/h1-2,4,7,9,11,13,16,18H,3,5-6,8,10,12H2/t16-/m1/s1. The summed E-state index contributed by atoms with van der Waals surface area (Å²) >= 11 is 0. The molecule has 1 fully saturated rings. The fourth-order valence-corrected chi connectivity index (χ4v) is 2.90. The van der Waals surface area contributed by atoms with Crippen molar-refractivity contribution in [1.82, 2.24) is 15.2 Å². The Morgan fingerprint density at radius 3 is 3.05 bits per heavy atom. The maximum absolute atomic E-state index is 12.8. The number of furan rings is 1. The smallest absolute Gasteiger partial charge is 0.257 e. The Labute approximate surface area is 130 Å². The summed E-state index contributed by atoms with van der Waals surface area (Å²) in [6.45, 7) is 2.51. The van der Waals surface area contributed by atoms with E-state index in [-0.39, 0.29) is 11.9 Å². The molecule has 116 valence electrons. The maximum Gasteiger partial charge on any atom is 0.257 e. The number of hydrogen-bond donors (Lipinski definition) is 1. The van der Waals surface area contributed by atoms with Gasteiger partial charge in [0.25, 0.3) is 5.91 Å². The second kappa shape index (κ2) is 7.22. The van der Waals surface area contributed by atoms with Crippen molar-refractivity contribution in [3.63, 3.8) is 0 Å². The van der Waals surface area contributed by atoms with Crippen molar-refractivity contribution in [3.8, 4) is 0 Å². The van der Waals surface area contributed by atoms with Crippen LogP contribution in [0.25, 0.3) is 0 Å². The molecule has 0 radical (unpaired) electrons. The van der Waals surface area contributed by atoms with Gasteiger partial charge in [-0.2, -0.15) is 0 Å². The van der Waals surface area contributed by atoms with Crippen LogP contribution in [0.5, 0.6) is 0 Å². The summed E-state index contributed by atoms with van der Waals surface area (Å²) in [6, 6.07) is 7.77. The Hall–Kier alpha value is -2.14. The van der Waals surface area contributed by atoms with Crippen molar-refractivity contribution in [2.75, 3.05) is 13.1 Å². The second-order valence-electron chi connectivity index (χ2n) is 5.60. The van der Waals surface area contributed by atoms with Gasteiger partial charge >= 0.3 is 0 Å². The lowest BCUT2D eigenvalue weighted by molar-refractivity contribution is 0.0641. The van der Waals surface area contributed by atoms with E-state index in [9.17, 15) is 4.79 Å². The van der Waals surface area contributed by atoms with Gasteiger partial charge < -0.3 is 14.6 Å². The third-order valence-electron chi connectivity index (χ3n) is 4.07. The minimum atomic E-state index is 0.0197. The predicted molar refractivity (Wildman–Crippen MR) is 83.3 cm³/mol. The van der Waals surface area contributed by atoms with Gasteiger partial charge in [-0.15, -0.1) is 0 Å². The van der Waals surface area contributed by atoms with Crippen molar-refractivity contribution >= 4 is 5.91 Å². The van der Waals surface area contributed by atoms with Crippen LogP contribution in [-0.2, 0) is 6.54 Å². The van der Waals surface area contributed by atoms with Crippen LogP contribution >= 0.6 is 0 Å². The SMILES string of the molecule is O=C(c1ccoc1)N(Cc1ccccn1)[C@@H]1CCCNCC1. The average Bonchev–Trinajstić information content (AvgIpc) is 2.96. The molecule has 1 saturated heterocycles. The van der Waals surface area contributed by atoms with Gasteiger partial charge in [-0.05, 0) is 50.6 Å². The van der Waals surface area contributed by atoms with Crippen LogP contribution in [0.15, 0.2) is 47.4 Å². The van der Waals surface area contributed by atoms with Crippen molar-refractivity contribution in [2.45, 2.75) is 31.8 Å². The van der Waals surface area contributed by atoms with E-state index < -0.39 is 0 Å². The number of carbonyl (C=O) groups is 1. The van der Waals surface area contributed by atoms with Crippen LogP contribution in [0.4, 0.5) is 0 Å². The largest absolute Gasteiger partial charge is 0.472 e. The molecular formula is C17H21N3O2. The molecule has 3 rings (SSSR count). The molecule has 2 aromatic rings. The summed E-state index contributed by atoms with van der Waals surface area (Å²) in [5.74, 6) is 0.0197. The Balaban J connectivity index is 1.82.